The number of carbonyl (C=O) groups excluding carboxylic acids is 1. The Morgan fingerprint density at radius 3 is 2.60 bits per heavy atom. The first kappa shape index (κ1) is 16.8. The molecule has 6 heteroatoms. The van der Waals surface area contributed by atoms with Crippen molar-refractivity contribution in [3.8, 4) is 11.3 Å². The zero-order valence-corrected chi connectivity index (χ0v) is 13.3. The Morgan fingerprint density at radius 2 is 1.84 bits per heavy atom. The summed E-state index contributed by atoms with van der Waals surface area (Å²) in [5, 5.41) is 2.66. The van der Waals surface area contributed by atoms with Crippen LogP contribution in [0.3, 0.4) is 0 Å². The van der Waals surface area contributed by atoms with Crippen molar-refractivity contribution in [2.24, 2.45) is 0 Å². The summed E-state index contributed by atoms with van der Waals surface area (Å²) in [4.78, 5) is 16.0. The van der Waals surface area contributed by atoms with Crippen molar-refractivity contribution in [2.75, 3.05) is 0 Å². The number of oxazole rings is 1. The molecule has 1 aromatic heterocycles. The van der Waals surface area contributed by atoms with Crippen LogP contribution in [0.2, 0.25) is 0 Å². The number of nitrogens with one attached hydrogen (secondary N) is 1. The normalized spacial score (nSPS) is 10.6. The lowest BCUT2D eigenvalue weighted by Crippen LogP contribution is -2.23. The largest absolute Gasteiger partial charge is 0.441 e. The number of nitrogens with zero attached hydrogens (tertiary/aromatic N) is 1. The second kappa shape index (κ2) is 7.70. The fraction of sp³-hybridized carbons (Fsp3) is 0.158. The molecule has 128 valence electrons. The van der Waals surface area contributed by atoms with Gasteiger partial charge in [-0.1, -0.05) is 18.2 Å². The number of aromatic nitrogens is 1. The first-order valence-corrected chi connectivity index (χ1v) is 7.82. The van der Waals surface area contributed by atoms with Crippen molar-refractivity contribution in [3.05, 3.63) is 77.8 Å². The number of hydrogen-bond donors (Lipinski definition) is 1. The van der Waals surface area contributed by atoms with Crippen molar-refractivity contribution in [1.29, 1.82) is 0 Å². The molecule has 0 saturated heterocycles. The molecule has 0 saturated carbocycles. The summed E-state index contributed by atoms with van der Waals surface area (Å²) in [7, 11) is 0. The summed E-state index contributed by atoms with van der Waals surface area (Å²) in [5.74, 6) is 0.0429. The fourth-order valence-electron chi connectivity index (χ4n) is 2.32. The maximum atomic E-state index is 13.5. The van der Waals surface area contributed by atoms with Gasteiger partial charge in [0.25, 0.3) is 0 Å². The molecule has 1 heterocycles. The van der Waals surface area contributed by atoms with Crippen molar-refractivity contribution in [3.63, 3.8) is 0 Å². The lowest BCUT2D eigenvalue weighted by molar-refractivity contribution is -0.121. The SMILES string of the molecule is O=C(CCc1ncc(-c2ccc(F)cc2)o1)NCc1ccccc1F. The molecule has 0 unspecified atom stereocenters. The third-order valence-electron chi connectivity index (χ3n) is 3.68. The summed E-state index contributed by atoms with van der Waals surface area (Å²) in [6, 6.07) is 12.2. The zero-order valence-electron chi connectivity index (χ0n) is 13.3. The molecule has 2 aromatic carbocycles. The van der Waals surface area contributed by atoms with Gasteiger partial charge in [-0.05, 0) is 30.3 Å². The van der Waals surface area contributed by atoms with E-state index < -0.39 is 0 Å². The molecule has 3 aromatic rings. The molecule has 1 N–H and O–H groups in total. The van der Waals surface area contributed by atoms with Gasteiger partial charge in [-0.25, -0.2) is 13.8 Å². The van der Waals surface area contributed by atoms with E-state index in [-0.39, 0.29) is 30.5 Å². The number of amides is 1. The van der Waals surface area contributed by atoms with Crippen molar-refractivity contribution in [2.45, 2.75) is 19.4 Å². The van der Waals surface area contributed by atoms with Gasteiger partial charge in [0.1, 0.15) is 11.6 Å². The third-order valence-corrected chi connectivity index (χ3v) is 3.68. The predicted molar refractivity (Wildman–Crippen MR) is 88.5 cm³/mol. The van der Waals surface area contributed by atoms with Crippen LogP contribution in [0.15, 0.2) is 59.1 Å². The number of hydrogen-bond acceptors (Lipinski definition) is 3. The Kier molecular flexibility index (Phi) is 5.18. The van der Waals surface area contributed by atoms with Crippen molar-refractivity contribution < 1.29 is 18.0 Å². The van der Waals surface area contributed by atoms with Crippen LogP contribution in [0, 0.1) is 11.6 Å². The summed E-state index contributed by atoms with van der Waals surface area (Å²) >= 11 is 0. The number of carbonyl (C=O) groups is 1. The van der Waals surface area contributed by atoms with Crippen LogP contribution >= 0.6 is 0 Å². The van der Waals surface area contributed by atoms with Gasteiger partial charge in [-0.2, -0.15) is 0 Å². The Hall–Kier alpha value is -3.02. The Balaban J connectivity index is 1.51. The number of benzene rings is 2. The highest BCUT2D eigenvalue weighted by atomic mass is 19.1. The molecule has 0 fully saturated rings. The third kappa shape index (κ3) is 4.50. The second-order valence-electron chi connectivity index (χ2n) is 5.49. The average molecular weight is 342 g/mol. The van der Waals surface area contributed by atoms with E-state index in [0.717, 1.165) is 0 Å². The molecule has 0 aliphatic carbocycles. The van der Waals surface area contributed by atoms with E-state index in [1.807, 2.05) is 0 Å². The van der Waals surface area contributed by atoms with E-state index in [1.165, 1.54) is 18.2 Å². The van der Waals surface area contributed by atoms with Crippen molar-refractivity contribution >= 4 is 5.91 Å². The molecule has 25 heavy (non-hydrogen) atoms. The number of aryl methyl sites for hydroxylation is 1. The van der Waals surface area contributed by atoms with Crippen LogP contribution in [0.1, 0.15) is 17.9 Å². The number of rotatable bonds is 6. The van der Waals surface area contributed by atoms with E-state index in [4.69, 9.17) is 4.42 Å². The van der Waals surface area contributed by atoms with Gasteiger partial charge in [0.2, 0.25) is 5.91 Å². The lowest BCUT2D eigenvalue weighted by Gasteiger charge is -2.05. The van der Waals surface area contributed by atoms with Gasteiger partial charge >= 0.3 is 0 Å². The summed E-state index contributed by atoms with van der Waals surface area (Å²) in [5.41, 5.74) is 1.15. The Labute approximate surface area is 143 Å². The number of halogens is 2. The molecule has 0 aliphatic rings. The van der Waals surface area contributed by atoms with Gasteiger partial charge in [0.15, 0.2) is 11.7 Å². The molecule has 0 bridgehead atoms. The van der Waals surface area contributed by atoms with Gasteiger partial charge in [-0.15, -0.1) is 0 Å². The standard InChI is InChI=1S/C19H16F2N2O2/c20-15-7-5-13(6-8-15)17-12-23-19(25-17)10-9-18(24)22-11-14-3-1-2-4-16(14)21/h1-8,12H,9-11H2,(H,22,24). The molecule has 3 rings (SSSR count). The summed E-state index contributed by atoms with van der Waals surface area (Å²) < 4.78 is 32.0. The monoisotopic (exact) mass is 342 g/mol. The summed E-state index contributed by atoms with van der Waals surface area (Å²) in [6.07, 6.45) is 2.04. The fourth-order valence-corrected chi connectivity index (χ4v) is 2.32. The highest BCUT2D eigenvalue weighted by molar-refractivity contribution is 5.76. The van der Waals surface area contributed by atoms with E-state index in [1.54, 1.807) is 36.5 Å². The molecular weight excluding hydrogens is 326 g/mol. The highest BCUT2D eigenvalue weighted by Crippen LogP contribution is 2.21. The maximum Gasteiger partial charge on any atom is 0.220 e. The van der Waals surface area contributed by atoms with E-state index in [0.29, 0.717) is 29.2 Å². The Morgan fingerprint density at radius 1 is 1.08 bits per heavy atom. The van der Waals surface area contributed by atoms with Gasteiger partial charge in [0, 0.05) is 30.5 Å². The predicted octanol–water partition coefficient (Wildman–Crippen LogP) is 3.87. The molecular formula is C19H16F2N2O2. The van der Waals surface area contributed by atoms with Gasteiger partial charge < -0.3 is 9.73 Å². The second-order valence-corrected chi connectivity index (χ2v) is 5.49. The van der Waals surface area contributed by atoms with Crippen LogP contribution in [0.25, 0.3) is 11.3 Å². The maximum absolute atomic E-state index is 13.5. The first-order valence-electron chi connectivity index (χ1n) is 7.82. The molecule has 4 nitrogen and oxygen atoms in total. The minimum absolute atomic E-state index is 0.137. The van der Waals surface area contributed by atoms with Crippen LogP contribution in [0.5, 0.6) is 0 Å². The van der Waals surface area contributed by atoms with E-state index in [9.17, 15) is 13.6 Å². The molecule has 0 spiro atoms. The highest BCUT2D eigenvalue weighted by Gasteiger charge is 2.10. The Bertz CT molecular complexity index is 860. The minimum atomic E-state index is -0.348. The van der Waals surface area contributed by atoms with Crippen molar-refractivity contribution in [1.82, 2.24) is 10.3 Å². The van der Waals surface area contributed by atoms with Crippen LogP contribution < -0.4 is 5.32 Å². The molecule has 0 aliphatic heterocycles. The molecule has 0 atom stereocenters. The summed E-state index contributed by atoms with van der Waals surface area (Å²) in [6.45, 7) is 0.137. The zero-order chi connectivity index (χ0) is 17.6. The van der Waals surface area contributed by atoms with Crippen LogP contribution in [-0.4, -0.2) is 10.9 Å². The van der Waals surface area contributed by atoms with Gasteiger partial charge in [-0.3, -0.25) is 4.79 Å². The quantitative estimate of drug-likeness (QED) is 0.740. The average Bonchev–Trinajstić information content (AvgIpc) is 3.09. The van der Waals surface area contributed by atoms with Crippen LogP contribution in [-0.2, 0) is 17.8 Å². The lowest BCUT2D eigenvalue weighted by atomic mass is 10.2. The first-order chi connectivity index (χ1) is 12.1. The molecule has 0 radical (unpaired) electrons. The smallest absolute Gasteiger partial charge is 0.220 e. The van der Waals surface area contributed by atoms with E-state index >= 15 is 0 Å². The van der Waals surface area contributed by atoms with Crippen LogP contribution in [0.4, 0.5) is 8.78 Å². The van der Waals surface area contributed by atoms with Gasteiger partial charge in [0.05, 0.1) is 6.20 Å². The van der Waals surface area contributed by atoms with E-state index in [2.05, 4.69) is 10.3 Å². The molecule has 1 amide bonds. The minimum Gasteiger partial charge on any atom is -0.441 e. The topological polar surface area (TPSA) is 55.1 Å².